The standard InChI is InChI=1S/C17H20N2OS/c18-5-1-2-10-6-13(21-9-10)8-19-17(20)16-14-11-3-4-12(7-11)15(14)16/h6,9,11-12,14-16H,3-5,7-8,18H2,(H,19,20). The summed E-state index contributed by atoms with van der Waals surface area (Å²) in [6, 6.07) is 2.05. The van der Waals surface area contributed by atoms with Gasteiger partial charge in [0.15, 0.2) is 0 Å². The van der Waals surface area contributed by atoms with E-state index in [4.69, 9.17) is 5.73 Å². The summed E-state index contributed by atoms with van der Waals surface area (Å²) in [6.07, 6.45) is 4.13. The van der Waals surface area contributed by atoms with Crippen LogP contribution in [-0.2, 0) is 11.3 Å². The van der Waals surface area contributed by atoms with Crippen LogP contribution >= 0.6 is 11.3 Å². The maximum absolute atomic E-state index is 12.3. The monoisotopic (exact) mass is 300 g/mol. The number of hydrogen-bond donors (Lipinski definition) is 2. The van der Waals surface area contributed by atoms with E-state index in [0.29, 0.717) is 19.0 Å². The Morgan fingerprint density at radius 2 is 2.14 bits per heavy atom. The second-order valence-corrected chi connectivity index (χ2v) is 7.53. The van der Waals surface area contributed by atoms with Crippen molar-refractivity contribution in [2.24, 2.45) is 35.3 Å². The zero-order valence-corrected chi connectivity index (χ0v) is 12.8. The molecular weight excluding hydrogens is 280 g/mol. The van der Waals surface area contributed by atoms with Gasteiger partial charge in [-0.1, -0.05) is 11.8 Å². The summed E-state index contributed by atoms with van der Waals surface area (Å²) in [5.74, 6) is 9.64. The van der Waals surface area contributed by atoms with Crippen LogP contribution < -0.4 is 11.1 Å². The first-order chi connectivity index (χ1) is 10.3. The normalized spacial score (nSPS) is 35.0. The van der Waals surface area contributed by atoms with Crippen LogP contribution in [0.15, 0.2) is 11.4 Å². The van der Waals surface area contributed by atoms with Crippen molar-refractivity contribution >= 4 is 17.2 Å². The van der Waals surface area contributed by atoms with Gasteiger partial charge in [0.2, 0.25) is 5.91 Å². The summed E-state index contributed by atoms with van der Waals surface area (Å²) < 4.78 is 0. The Morgan fingerprint density at radius 1 is 1.38 bits per heavy atom. The van der Waals surface area contributed by atoms with Crippen LogP contribution in [0.1, 0.15) is 29.7 Å². The van der Waals surface area contributed by atoms with Crippen LogP contribution in [0, 0.1) is 41.4 Å². The van der Waals surface area contributed by atoms with Gasteiger partial charge in [0.25, 0.3) is 0 Å². The van der Waals surface area contributed by atoms with Gasteiger partial charge in [-0.25, -0.2) is 0 Å². The molecule has 0 spiro atoms. The SMILES string of the molecule is NCC#Cc1csc(CNC(=O)C2C3C4CCC(C4)C23)c1. The largest absolute Gasteiger partial charge is 0.351 e. The van der Waals surface area contributed by atoms with Crippen LogP contribution in [0.25, 0.3) is 0 Å². The molecule has 3 N–H and O–H groups in total. The maximum Gasteiger partial charge on any atom is 0.224 e. The lowest BCUT2D eigenvalue weighted by Crippen LogP contribution is -2.26. The van der Waals surface area contributed by atoms with Crippen molar-refractivity contribution in [3.63, 3.8) is 0 Å². The Balaban J connectivity index is 1.31. The maximum atomic E-state index is 12.3. The van der Waals surface area contributed by atoms with Crippen molar-refractivity contribution in [1.82, 2.24) is 5.32 Å². The Morgan fingerprint density at radius 3 is 2.86 bits per heavy atom. The molecule has 110 valence electrons. The summed E-state index contributed by atoms with van der Waals surface area (Å²) in [5.41, 5.74) is 6.36. The fourth-order valence-electron chi connectivity index (χ4n) is 4.66. The highest BCUT2D eigenvalue weighted by atomic mass is 32.1. The van der Waals surface area contributed by atoms with E-state index >= 15 is 0 Å². The number of carbonyl (C=O) groups is 1. The number of hydrogen-bond acceptors (Lipinski definition) is 3. The lowest BCUT2D eigenvalue weighted by atomic mass is 10.0. The first-order valence-corrected chi connectivity index (χ1v) is 8.70. The molecule has 3 saturated carbocycles. The smallest absolute Gasteiger partial charge is 0.224 e. The number of carbonyl (C=O) groups excluding carboxylic acids is 1. The molecule has 0 aliphatic heterocycles. The predicted octanol–water partition coefficient (Wildman–Crippen LogP) is 1.97. The average Bonchev–Trinajstić information content (AvgIpc) is 2.86. The molecule has 1 aromatic rings. The molecule has 2 bridgehead atoms. The van der Waals surface area contributed by atoms with E-state index in [-0.39, 0.29) is 5.91 Å². The van der Waals surface area contributed by atoms with E-state index in [1.54, 1.807) is 11.3 Å². The van der Waals surface area contributed by atoms with Gasteiger partial charge >= 0.3 is 0 Å². The Kier molecular flexibility index (Phi) is 3.28. The number of rotatable bonds is 3. The molecule has 4 heteroatoms. The van der Waals surface area contributed by atoms with Gasteiger partial charge in [0, 0.05) is 21.7 Å². The van der Waals surface area contributed by atoms with E-state index in [0.717, 1.165) is 29.2 Å². The molecule has 3 aliphatic carbocycles. The lowest BCUT2D eigenvalue weighted by molar-refractivity contribution is -0.123. The fraction of sp³-hybridized carbons (Fsp3) is 0.588. The molecule has 3 fully saturated rings. The number of thiophene rings is 1. The molecule has 1 amide bonds. The van der Waals surface area contributed by atoms with E-state index in [2.05, 4.69) is 17.2 Å². The van der Waals surface area contributed by atoms with Gasteiger partial charge in [0.1, 0.15) is 0 Å². The second kappa shape index (κ2) is 5.15. The lowest BCUT2D eigenvalue weighted by Gasteiger charge is -2.08. The molecule has 4 rings (SSSR count). The van der Waals surface area contributed by atoms with Gasteiger partial charge in [-0.15, -0.1) is 11.3 Å². The number of amides is 1. The number of nitrogens with one attached hydrogen (secondary N) is 1. The van der Waals surface area contributed by atoms with Gasteiger partial charge < -0.3 is 11.1 Å². The predicted molar refractivity (Wildman–Crippen MR) is 83.4 cm³/mol. The quantitative estimate of drug-likeness (QED) is 0.839. The summed E-state index contributed by atoms with van der Waals surface area (Å²) >= 11 is 1.65. The second-order valence-electron chi connectivity index (χ2n) is 6.54. The zero-order valence-electron chi connectivity index (χ0n) is 12.0. The van der Waals surface area contributed by atoms with E-state index in [9.17, 15) is 4.79 Å². The Labute approximate surface area is 129 Å². The molecule has 0 radical (unpaired) electrons. The van der Waals surface area contributed by atoms with Crippen LogP contribution in [0.5, 0.6) is 0 Å². The third kappa shape index (κ3) is 2.29. The van der Waals surface area contributed by atoms with E-state index in [1.165, 1.54) is 24.1 Å². The van der Waals surface area contributed by atoms with Crippen molar-refractivity contribution < 1.29 is 4.79 Å². The summed E-state index contributed by atoms with van der Waals surface area (Å²) in [5, 5.41) is 5.15. The van der Waals surface area contributed by atoms with Gasteiger partial charge in [0.05, 0.1) is 13.1 Å². The summed E-state index contributed by atoms with van der Waals surface area (Å²) in [6.45, 7) is 1.02. The molecular formula is C17H20N2OS. The first kappa shape index (κ1) is 13.4. The van der Waals surface area contributed by atoms with Crippen molar-refractivity contribution in [1.29, 1.82) is 0 Å². The molecule has 4 unspecified atom stereocenters. The topological polar surface area (TPSA) is 55.1 Å². The highest BCUT2D eigenvalue weighted by molar-refractivity contribution is 7.10. The van der Waals surface area contributed by atoms with E-state index in [1.807, 2.05) is 11.4 Å². The van der Waals surface area contributed by atoms with Crippen LogP contribution in [0.3, 0.4) is 0 Å². The Bertz CT molecular complexity index is 610. The van der Waals surface area contributed by atoms with Gasteiger partial charge in [-0.05, 0) is 49.0 Å². The molecule has 0 saturated heterocycles. The van der Waals surface area contributed by atoms with Gasteiger partial charge in [-0.2, -0.15) is 0 Å². The third-order valence-corrected chi connectivity index (χ3v) is 6.40. The van der Waals surface area contributed by atoms with Crippen molar-refractivity contribution in [2.45, 2.75) is 25.8 Å². The molecule has 21 heavy (non-hydrogen) atoms. The van der Waals surface area contributed by atoms with Crippen LogP contribution in [0.4, 0.5) is 0 Å². The van der Waals surface area contributed by atoms with E-state index < -0.39 is 0 Å². The first-order valence-electron chi connectivity index (χ1n) is 7.82. The zero-order chi connectivity index (χ0) is 14.4. The van der Waals surface area contributed by atoms with Gasteiger partial charge in [-0.3, -0.25) is 4.79 Å². The van der Waals surface area contributed by atoms with Crippen molar-refractivity contribution in [3.8, 4) is 11.8 Å². The number of fused-ring (bicyclic) bond motifs is 5. The van der Waals surface area contributed by atoms with Crippen LogP contribution in [-0.4, -0.2) is 12.5 Å². The average molecular weight is 300 g/mol. The summed E-state index contributed by atoms with van der Waals surface area (Å²) in [7, 11) is 0. The van der Waals surface area contributed by atoms with Crippen molar-refractivity contribution in [2.75, 3.05) is 6.54 Å². The fourth-order valence-corrected chi connectivity index (χ4v) is 5.42. The molecule has 0 aromatic carbocycles. The minimum Gasteiger partial charge on any atom is -0.351 e. The number of nitrogens with two attached hydrogens (primary N) is 1. The molecule has 1 heterocycles. The molecule has 4 atom stereocenters. The highest BCUT2D eigenvalue weighted by Gasteiger charge is 2.67. The molecule has 1 aromatic heterocycles. The summed E-state index contributed by atoms with van der Waals surface area (Å²) in [4.78, 5) is 13.5. The minimum atomic E-state index is 0.282. The molecule has 3 aliphatic rings. The Hall–Kier alpha value is -1.31. The molecule has 3 nitrogen and oxygen atoms in total. The minimum absolute atomic E-state index is 0.282. The highest BCUT2D eigenvalue weighted by Crippen LogP contribution is 2.69. The van der Waals surface area contributed by atoms with Crippen LogP contribution in [0.2, 0.25) is 0 Å². The van der Waals surface area contributed by atoms with Crippen molar-refractivity contribution in [3.05, 3.63) is 21.9 Å². The third-order valence-electron chi connectivity index (χ3n) is 5.46.